The second kappa shape index (κ2) is 7.08. The van der Waals surface area contributed by atoms with Crippen molar-refractivity contribution in [3.63, 3.8) is 0 Å². The fourth-order valence-electron chi connectivity index (χ4n) is 4.02. The van der Waals surface area contributed by atoms with Gasteiger partial charge in [0.2, 0.25) is 0 Å². The maximum atomic E-state index is 2.35. The van der Waals surface area contributed by atoms with E-state index in [2.05, 4.69) is 67.6 Å². The quantitative estimate of drug-likeness (QED) is 0.504. The predicted molar refractivity (Wildman–Crippen MR) is 108 cm³/mol. The van der Waals surface area contributed by atoms with E-state index in [1.54, 1.807) is 16.7 Å². The molecule has 3 aromatic carbocycles. The summed E-state index contributed by atoms with van der Waals surface area (Å²) < 4.78 is 0. The van der Waals surface area contributed by atoms with E-state index < -0.39 is 0 Å². The number of benzene rings is 3. The van der Waals surface area contributed by atoms with Crippen LogP contribution in [0.1, 0.15) is 28.7 Å². The van der Waals surface area contributed by atoms with Crippen LogP contribution in [-0.4, -0.2) is 6.16 Å². The Morgan fingerprint density at radius 3 is 2.62 bits per heavy atom. The van der Waals surface area contributed by atoms with Gasteiger partial charge in [0.15, 0.2) is 0 Å². The summed E-state index contributed by atoms with van der Waals surface area (Å²) in [5.74, 6) is 0.888. The summed E-state index contributed by atoms with van der Waals surface area (Å²) in [7, 11) is 1.05. The van der Waals surface area contributed by atoms with Gasteiger partial charge in [-0.3, -0.25) is 0 Å². The summed E-state index contributed by atoms with van der Waals surface area (Å²) in [5, 5.41) is 2.79. The largest absolute Gasteiger partial charge is 0.117 e. The molecule has 0 amide bonds. The summed E-state index contributed by atoms with van der Waals surface area (Å²) in [5.41, 5.74) is 6.21. The van der Waals surface area contributed by atoms with E-state index in [4.69, 9.17) is 0 Å². The highest BCUT2D eigenvalue weighted by atomic mass is 31.1. The molecule has 0 nitrogen and oxygen atoms in total. The monoisotopic (exact) mass is 332 g/mol. The molecule has 0 aliphatic heterocycles. The molecule has 2 atom stereocenters. The number of aryl methyl sites for hydroxylation is 2. The van der Waals surface area contributed by atoms with Gasteiger partial charge in [0.25, 0.3) is 0 Å². The van der Waals surface area contributed by atoms with E-state index in [1.807, 2.05) is 0 Å². The second-order valence-corrected chi connectivity index (χ2v) is 8.34. The molecule has 24 heavy (non-hydrogen) atoms. The molecule has 1 aliphatic carbocycles. The summed E-state index contributed by atoms with van der Waals surface area (Å²) in [6.45, 7) is 2.29. The number of rotatable bonds is 4. The van der Waals surface area contributed by atoms with E-state index in [1.165, 1.54) is 47.9 Å². The Kier molecular flexibility index (Phi) is 4.67. The first-order chi connectivity index (χ1) is 11.8. The van der Waals surface area contributed by atoms with Gasteiger partial charge in [-0.15, -0.1) is 8.58 Å². The molecule has 4 rings (SSSR count). The topological polar surface area (TPSA) is 0 Å². The third kappa shape index (κ3) is 3.26. The lowest BCUT2D eigenvalue weighted by atomic mass is 9.85. The maximum absolute atomic E-state index is 2.35. The normalized spacial score (nSPS) is 17.5. The van der Waals surface area contributed by atoms with Crippen LogP contribution in [0.15, 0.2) is 60.7 Å². The van der Waals surface area contributed by atoms with Gasteiger partial charge in [-0.25, -0.2) is 0 Å². The van der Waals surface area contributed by atoms with Crippen LogP contribution in [0, 0.1) is 12.8 Å². The van der Waals surface area contributed by atoms with Crippen molar-refractivity contribution in [3.8, 4) is 0 Å². The van der Waals surface area contributed by atoms with Crippen molar-refractivity contribution in [1.29, 1.82) is 0 Å². The minimum absolute atomic E-state index is 0.888. The van der Waals surface area contributed by atoms with Crippen LogP contribution in [0.5, 0.6) is 0 Å². The van der Waals surface area contributed by atoms with E-state index in [0.29, 0.717) is 0 Å². The SMILES string of the molecule is Cc1c(CPC[C@H]2CCc3ccccc3C2)ccc2ccccc12. The average molecular weight is 332 g/mol. The molecule has 0 saturated carbocycles. The van der Waals surface area contributed by atoms with Crippen LogP contribution in [0.3, 0.4) is 0 Å². The van der Waals surface area contributed by atoms with Crippen molar-refractivity contribution < 1.29 is 0 Å². The molecule has 0 saturated heterocycles. The van der Waals surface area contributed by atoms with Crippen LogP contribution in [0.2, 0.25) is 0 Å². The Hall–Kier alpha value is -1.65. The van der Waals surface area contributed by atoms with Crippen LogP contribution < -0.4 is 0 Å². The number of hydrogen-bond acceptors (Lipinski definition) is 0. The number of hydrogen-bond donors (Lipinski definition) is 0. The lowest BCUT2D eigenvalue weighted by Gasteiger charge is -2.24. The molecule has 1 aliphatic rings. The van der Waals surface area contributed by atoms with Crippen molar-refractivity contribution in [1.82, 2.24) is 0 Å². The van der Waals surface area contributed by atoms with Gasteiger partial charge < -0.3 is 0 Å². The molecular formula is C23H25P. The molecule has 0 radical (unpaired) electrons. The van der Waals surface area contributed by atoms with Crippen molar-refractivity contribution in [2.45, 2.75) is 32.3 Å². The van der Waals surface area contributed by atoms with Crippen LogP contribution in [-0.2, 0) is 19.0 Å². The van der Waals surface area contributed by atoms with Crippen LogP contribution >= 0.6 is 8.58 Å². The standard InChI is InChI=1S/C23H25P/c1-17-22(13-12-20-7-4-5-9-23(17)20)16-24-15-18-10-11-19-6-2-3-8-21(19)14-18/h2-9,12-13,18,24H,10-11,14-16H2,1H3/t18-/m0/s1. The smallest absolute Gasteiger partial charge is 0.00977 e. The van der Waals surface area contributed by atoms with Gasteiger partial charge in [-0.05, 0) is 77.5 Å². The van der Waals surface area contributed by atoms with Crippen LogP contribution in [0.25, 0.3) is 10.8 Å². The fraction of sp³-hybridized carbons (Fsp3) is 0.304. The van der Waals surface area contributed by atoms with Crippen molar-refractivity contribution in [2.24, 2.45) is 5.92 Å². The lowest BCUT2D eigenvalue weighted by Crippen LogP contribution is -2.15. The summed E-state index contributed by atoms with van der Waals surface area (Å²) >= 11 is 0. The zero-order valence-corrected chi connectivity index (χ0v) is 15.4. The van der Waals surface area contributed by atoms with E-state index >= 15 is 0 Å². The van der Waals surface area contributed by atoms with Gasteiger partial charge in [-0.2, -0.15) is 0 Å². The molecule has 0 N–H and O–H groups in total. The molecule has 0 spiro atoms. The van der Waals surface area contributed by atoms with Crippen LogP contribution in [0.4, 0.5) is 0 Å². The molecule has 1 heteroatoms. The van der Waals surface area contributed by atoms with E-state index in [9.17, 15) is 0 Å². The molecule has 0 fully saturated rings. The Bertz CT molecular complexity index is 850. The third-order valence-electron chi connectivity index (χ3n) is 5.51. The summed E-state index contributed by atoms with van der Waals surface area (Å²) in [6, 6.07) is 22.4. The predicted octanol–water partition coefficient (Wildman–Crippen LogP) is 6.13. The van der Waals surface area contributed by atoms with Gasteiger partial charge in [-0.1, -0.05) is 60.7 Å². The molecule has 1 unspecified atom stereocenters. The summed E-state index contributed by atoms with van der Waals surface area (Å²) in [4.78, 5) is 0. The Labute approximate surface area is 147 Å². The second-order valence-electron chi connectivity index (χ2n) is 7.08. The first-order valence-corrected chi connectivity index (χ1v) is 10.5. The minimum atomic E-state index is 0.888. The third-order valence-corrected chi connectivity index (χ3v) is 7.00. The van der Waals surface area contributed by atoms with Gasteiger partial charge in [0.1, 0.15) is 0 Å². The number of fused-ring (bicyclic) bond motifs is 2. The molecule has 0 aromatic heterocycles. The highest BCUT2D eigenvalue weighted by Gasteiger charge is 2.17. The van der Waals surface area contributed by atoms with Gasteiger partial charge in [0, 0.05) is 0 Å². The molecular weight excluding hydrogens is 307 g/mol. The van der Waals surface area contributed by atoms with E-state index in [-0.39, 0.29) is 0 Å². The zero-order valence-electron chi connectivity index (χ0n) is 14.4. The highest BCUT2D eigenvalue weighted by molar-refractivity contribution is 7.37. The maximum Gasteiger partial charge on any atom is -0.00977 e. The average Bonchev–Trinajstić information content (AvgIpc) is 2.64. The highest BCUT2D eigenvalue weighted by Crippen LogP contribution is 2.33. The van der Waals surface area contributed by atoms with Crippen molar-refractivity contribution in [3.05, 3.63) is 82.9 Å². The fourth-order valence-corrected chi connectivity index (χ4v) is 5.58. The van der Waals surface area contributed by atoms with Crippen molar-refractivity contribution >= 4 is 19.4 Å². The lowest BCUT2D eigenvalue weighted by molar-refractivity contribution is 0.508. The molecule has 0 heterocycles. The van der Waals surface area contributed by atoms with Gasteiger partial charge >= 0.3 is 0 Å². The minimum Gasteiger partial charge on any atom is -0.117 e. The first-order valence-electron chi connectivity index (χ1n) is 9.06. The Balaban J connectivity index is 1.39. The van der Waals surface area contributed by atoms with E-state index in [0.717, 1.165) is 14.5 Å². The molecule has 3 aromatic rings. The first kappa shape index (κ1) is 15.9. The zero-order chi connectivity index (χ0) is 16.4. The van der Waals surface area contributed by atoms with Crippen molar-refractivity contribution in [2.75, 3.05) is 6.16 Å². The Morgan fingerprint density at radius 1 is 0.917 bits per heavy atom. The summed E-state index contributed by atoms with van der Waals surface area (Å²) in [6.07, 6.45) is 6.58. The molecule has 0 bridgehead atoms. The Morgan fingerprint density at radius 2 is 1.71 bits per heavy atom. The molecule has 122 valence electrons. The van der Waals surface area contributed by atoms with Gasteiger partial charge in [0.05, 0.1) is 0 Å².